The number of rotatable bonds is 2. The molecule has 80 valence electrons. The summed E-state index contributed by atoms with van der Waals surface area (Å²) in [5.41, 5.74) is 7.12. The number of hydrogen-bond donors (Lipinski definition) is 2. The summed E-state index contributed by atoms with van der Waals surface area (Å²) in [5, 5.41) is 9.33. The van der Waals surface area contributed by atoms with Gasteiger partial charge in [-0.25, -0.2) is 4.98 Å². The van der Waals surface area contributed by atoms with E-state index in [4.69, 9.17) is 10.2 Å². The lowest BCUT2D eigenvalue weighted by Crippen LogP contribution is -2.23. The van der Waals surface area contributed by atoms with Gasteiger partial charge in [-0.3, -0.25) is 0 Å². The van der Waals surface area contributed by atoms with Gasteiger partial charge in [0.2, 0.25) is 5.89 Å². The van der Waals surface area contributed by atoms with Gasteiger partial charge in [0.15, 0.2) is 5.58 Å². The Kier molecular flexibility index (Phi) is 2.77. The van der Waals surface area contributed by atoms with Crippen LogP contribution in [-0.4, -0.2) is 16.2 Å². The molecule has 2 unspecified atom stereocenters. The lowest BCUT2D eigenvalue weighted by Gasteiger charge is -2.09. The van der Waals surface area contributed by atoms with Crippen LogP contribution in [-0.2, 0) is 0 Å². The highest BCUT2D eigenvalue weighted by Crippen LogP contribution is 2.26. The maximum atomic E-state index is 9.33. The van der Waals surface area contributed by atoms with E-state index in [9.17, 15) is 5.11 Å². The van der Waals surface area contributed by atoms with Gasteiger partial charge in [0.25, 0.3) is 0 Å². The number of hydrogen-bond acceptors (Lipinski definition) is 4. The first-order chi connectivity index (χ1) is 7.09. The first-order valence-corrected chi connectivity index (χ1v) is 5.37. The molecule has 0 saturated heterocycles. The molecule has 0 aliphatic carbocycles. The number of aromatic nitrogens is 1. The first-order valence-electron chi connectivity index (χ1n) is 4.58. The van der Waals surface area contributed by atoms with Crippen LogP contribution in [0.2, 0.25) is 0 Å². The number of oxazole rings is 1. The fraction of sp³-hybridized carbons (Fsp3) is 0.300. The van der Waals surface area contributed by atoms with Gasteiger partial charge in [0.05, 0.1) is 10.6 Å². The Bertz CT molecular complexity index is 481. The summed E-state index contributed by atoms with van der Waals surface area (Å²) in [4.78, 5) is 4.21. The van der Waals surface area contributed by atoms with Gasteiger partial charge in [-0.05, 0) is 35.0 Å². The zero-order valence-electron chi connectivity index (χ0n) is 8.14. The van der Waals surface area contributed by atoms with Crippen molar-refractivity contribution in [3.05, 3.63) is 28.6 Å². The molecule has 15 heavy (non-hydrogen) atoms. The van der Waals surface area contributed by atoms with Crippen molar-refractivity contribution in [3.8, 4) is 0 Å². The fourth-order valence-electron chi connectivity index (χ4n) is 1.28. The summed E-state index contributed by atoms with van der Waals surface area (Å²) < 4.78 is 6.31. The number of halogens is 1. The molecule has 2 rings (SSSR count). The lowest BCUT2D eigenvalue weighted by atomic mass is 10.2. The van der Waals surface area contributed by atoms with Gasteiger partial charge in [0, 0.05) is 0 Å². The molecule has 0 fully saturated rings. The predicted octanol–water partition coefficient (Wildman–Crippen LogP) is 1.97. The van der Waals surface area contributed by atoms with Gasteiger partial charge in [-0.15, -0.1) is 0 Å². The monoisotopic (exact) mass is 270 g/mol. The molecule has 4 nitrogen and oxygen atoms in total. The number of aliphatic hydroxyl groups excluding tert-OH is 1. The number of nitrogens with zero attached hydrogens (tertiary/aromatic N) is 1. The number of aliphatic hydroxyl groups is 1. The summed E-state index contributed by atoms with van der Waals surface area (Å²) in [6.07, 6.45) is -0.683. The summed E-state index contributed by atoms with van der Waals surface area (Å²) in [6.45, 7) is 1.61. The molecule has 0 aliphatic heterocycles. The van der Waals surface area contributed by atoms with Crippen molar-refractivity contribution in [1.82, 2.24) is 4.98 Å². The second kappa shape index (κ2) is 3.92. The largest absolute Gasteiger partial charge is 0.438 e. The van der Waals surface area contributed by atoms with E-state index in [0.29, 0.717) is 11.5 Å². The molecule has 1 aromatic heterocycles. The van der Waals surface area contributed by atoms with Crippen LogP contribution >= 0.6 is 15.9 Å². The predicted molar refractivity (Wildman–Crippen MR) is 60.3 cm³/mol. The van der Waals surface area contributed by atoms with Crippen molar-refractivity contribution in [1.29, 1.82) is 0 Å². The quantitative estimate of drug-likeness (QED) is 0.875. The zero-order valence-corrected chi connectivity index (χ0v) is 9.73. The Morgan fingerprint density at radius 3 is 2.87 bits per heavy atom. The molecule has 5 heteroatoms. The van der Waals surface area contributed by atoms with E-state index >= 15 is 0 Å². The van der Waals surface area contributed by atoms with E-state index in [-0.39, 0.29) is 0 Å². The molecule has 1 aromatic carbocycles. The standard InChI is InChI=1S/C10H11BrN2O2/c1-5(14)8(12)10-13-7-4-2-3-6(11)9(7)15-10/h2-5,8,14H,12H2,1H3. The van der Waals surface area contributed by atoms with Crippen molar-refractivity contribution in [2.75, 3.05) is 0 Å². The van der Waals surface area contributed by atoms with Crippen molar-refractivity contribution in [2.24, 2.45) is 5.73 Å². The molecule has 0 saturated carbocycles. The van der Waals surface area contributed by atoms with Gasteiger partial charge in [-0.1, -0.05) is 6.07 Å². The molecule has 2 aromatic rings. The zero-order chi connectivity index (χ0) is 11.0. The minimum absolute atomic E-state index is 0.354. The van der Waals surface area contributed by atoms with Gasteiger partial charge in [0.1, 0.15) is 11.6 Å². The molecule has 0 bridgehead atoms. The summed E-state index contributed by atoms with van der Waals surface area (Å²) in [6, 6.07) is 4.98. The normalized spacial score (nSPS) is 15.5. The third-order valence-corrected chi connectivity index (χ3v) is 2.81. The van der Waals surface area contributed by atoms with Crippen LogP contribution in [0, 0.1) is 0 Å². The summed E-state index contributed by atoms with van der Waals surface area (Å²) in [5.74, 6) is 0.354. The van der Waals surface area contributed by atoms with Crippen molar-refractivity contribution < 1.29 is 9.52 Å². The molecule has 0 amide bonds. The van der Waals surface area contributed by atoms with E-state index in [1.54, 1.807) is 6.92 Å². The minimum atomic E-state index is -0.683. The van der Waals surface area contributed by atoms with E-state index < -0.39 is 12.1 Å². The van der Waals surface area contributed by atoms with Crippen molar-refractivity contribution in [3.63, 3.8) is 0 Å². The second-order valence-corrected chi connectivity index (χ2v) is 4.26. The van der Waals surface area contributed by atoms with Crippen molar-refractivity contribution in [2.45, 2.75) is 19.1 Å². The molecular formula is C10H11BrN2O2. The average Bonchev–Trinajstić information content (AvgIpc) is 2.61. The van der Waals surface area contributed by atoms with Gasteiger partial charge < -0.3 is 15.3 Å². The summed E-state index contributed by atoms with van der Waals surface area (Å²) >= 11 is 3.36. The fourth-order valence-corrected chi connectivity index (χ4v) is 1.72. The number of para-hydroxylation sites is 1. The Morgan fingerprint density at radius 2 is 2.27 bits per heavy atom. The SMILES string of the molecule is CC(O)C(N)c1nc2cccc(Br)c2o1. The minimum Gasteiger partial charge on any atom is -0.438 e. The topological polar surface area (TPSA) is 72.3 Å². The molecule has 0 radical (unpaired) electrons. The van der Waals surface area contributed by atoms with E-state index in [1.165, 1.54) is 0 Å². The third-order valence-electron chi connectivity index (χ3n) is 2.19. The maximum Gasteiger partial charge on any atom is 0.215 e. The van der Waals surface area contributed by atoms with Gasteiger partial charge >= 0.3 is 0 Å². The van der Waals surface area contributed by atoms with Crippen LogP contribution in [0.4, 0.5) is 0 Å². The van der Waals surface area contributed by atoms with E-state index in [2.05, 4.69) is 20.9 Å². The van der Waals surface area contributed by atoms with E-state index in [0.717, 1.165) is 9.99 Å². The molecule has 2 atom stereocenters. The highest BCUT2D eigenvalue weighted by molar-refractivity contribution is 9.10. The number of fused-ring (bicyclic) bond motifs is 1. The average molecular weight is 271 g/mol. The molecule has 1 heterocycles. The van der Waals surface area contributed by atoms with Gasteiger partial charge in [-0.2, -0.15) is 0 Å². The summed E-state index contributed by atoms with van der Waals surface area (Å²) in [7, 11) is 0. The highest BCUT2D eigenvalue weighted by atomic mass is 79.9. The number of benzene rings is 1. The molecule has 0 spiro atoms. The molecular weight excluding hydrogens is 260 g/mol. The van der Waals surface area contributed by atoms with Crippen LogP contribution in [0.1, 0.15) is 18.9 Å². The number of nitrogens with two attached hydrogens (primary N) is 1. The Labute approximate surface area is 95.2 Å². The highest BCUT2D eigenvalue weighted by Gasteiger charge is 2.19. The Hall–Kier alpha value is -0.910. The second-order valence-electron chi connectivity index (χ2n) is 3.41. The van der Waals surface area contributed by atoms with Crippen molar-refractivity contribution >= 4 is 27.0 Å². The molecule has 3 N–H and O–H groups in total. The smallest absolute Gasteiger partial charge is 0.215 e. The van der Waals surface area contributed by atoms with Crippen LogP contribution < -0.4 is 5.73 Å². The lowest BCUT2D eigenvalue weighted by molar-refractivity contribution is 0.152. The van der Waals surface area contributed by atoms with Crippen LogP contribution in [0.5, 0.6) is 0 Å². The van der Waals surface area contributed by atoms with Crippen LogP contribution in [0.15, 0.2) is 27.1 Å². The first kappa shape index (κ1) is 10.6. The van der Waals surface area contributed by atoms with Crippen LogP contribution in [0.25, 0.3) is 11.1 Å². The maximum absolute atomic E-state index is 9.33. The van der Waals surface area contributed by atoms with E-state index in [1.807, 2.05) is 18.2 Å². The Morgan fingerprint density at radius 1 is 1.53 bits per heavy atom. The Balaban J connectivity index is 2.52. The van der Waals surface area contributed by atoms with Crippen LogP contribution in [0.3, 0.4) is 0 Å². The molecule has 0 aliphatic rings. The third kappa shape index (κ3) is 1.90.